The van der Waals surface area contributed by atoms with Crippen molar-refractivity contribution in [3.63, 3.8) is 0 Å². The molecule has 0 aliphatic heterocycles. The van der Waals surface area contributed by atoms with E-state index in [-0.39, 0.29) is 0 Å². The molecular weight excluding hydrogens is 148 g/mol. The van der Waals surface area contributed by atoms with Gasteiger partial charge >= 0.3 is 0 Å². The molecule has 1 aromatic rings. The van der Waals surface area contributed by atoms with E-state index in [1.807, 2.05) is 6.20 Å². The van der Waals surface area contributed by atoms with E-state index in [9.17, 15) is 0 Å². The Balaban J connectivity index is 2.39. The molecule has 2 nitrogen and oxygen atoms in total. The zero-order valence-electron chi connectivity index (χ0n) is 8.08. The second-order valence-electron chi connectivity index (χ2n) is 3.09. The van der Waals surface area contributed by atoms with Crippen molar-refractivity contribution in [3.05, 3.63) is 18.2 Å². The molecule has 0 radical (unpaired) electrons. The van der Waals surface area contributed by atoms with Gasteiger partial charge in [0.05, 0.1) is 0 Å². The zero-order valence-corrected chi connectivity index (χ0v) is 8.08. The number of hydrogen-bond donors (Lipinski definition) is 0. The van der Waals surface area contributed by atoms with Gasteiger partial charge in [-0.25, -0.2) is 4.98 Å². The summed E-state index contributed by atoms with van der Waals surface area (Å²) < 4.78 is 2.22. The number of imidazole rings is 1. The van der Waals surface area contributed by atoms with Gasteiger partial charge in [-0.2, -0.15) is 0 Å². The van der Waals surface area contributed by atoms with Crippen molar-refractivity contribution in [3.8, 4) is 0 Å². The molecule has 0 N–H and O–H groups in total. The molecule has 0 unspecified atom stereocenters. The third-order valence-electron chi connectivity index (χ3n) is 2.15. The largest absolute Gasteiger partial charge is 0.335 e. The highest BCUT2D eigenvalue weighted by Gasteiger charge is 1.98. The summed E-state index contributed by atoms with van der Waals surface area (Å²) in [6.07, 6.45) is 8.96. The quantitative estimate of drug-likeness (QED) is 0.615. The zero-order chi connectivity index (χ0) is 8.81. The van der Waals surface area contributed by atoms with Crippen LogP contribution in [-0.4, -0.2) is 9.55 Å². The summed E-state index contributed by atoms with van der Waals surface area (Å²) in [5.74, 6) is 1.24. The Hall–Kier alpha value is -0.790. The Bertz CT molecular complexity index is 215. The molecule has 0 fully saturated rings. The van der Waals surface area contributed by atoms with Crippen molar-refractivity contribution in [2.45, 2.75) is 46.1 Å². The van der Waals surface area contributed by atoms with E-state index in [0.717, 1.165) is 13.0 Å². The third-order valence-corrected chi connectivity index (χ3v) is 2.15. The van der Waals surface area contributed by atoms with Crippen molar-refractivity contribution in [1.82, 2.24) is 9.55 Å². The van der Waals surface area contributed by atoms with Gasteiger partial charge in [0.25, 0.3) is 0 Å². The lowest BCUT2D eigenvalue weighted by Gasteiger charge is -2.03. The molecule has 0 saturated carbocycles. The van der Waals surface area contributed by atoms with Crippen LogP contribution >= 0.6 is 0 Å². The summed E-state index contributed by atoms with van der Waals surface area (Å²) in [6.45, 7) is 5.43. The maximum atomic E-state index is 4.32. The van der Waals surface area contributed by atoms with Gasteiger partial charge < -0.3 is 4.57 Å². The first-order valence-electron chi connectivity index (χ1n) is 4.88. The first-order valence-corrected chi connectivity index (χ1v) is 4.88. The van der Waals surface area contributed by atoms with E-state index in [2.05, 4.69) is 29.6 Å². The Morgan fingerprint density at radius 3 is 2.83 bits per heavy atom. The average molecular weight is 166 g/mol. The van der Waals surface area contributed by atoms with Crippen LogP contribution in [0.1, 0.15) is 38.9 Å². The molecule has 1 aromatic heterocycles. The summed E-state index contributed by atoms with van der Waals surface area (Å²) in [5.41, 5.74) is 0. The molecule has 0 saturated heterocycles. The molecule has 1 rings (SSSR count). The fourth-order valence-corrected chi connectivity index (χ4v) is 1.39. The van der Waals surface area contributed by atoms with Gasteiger partial charge in [0.2, 0.25) is 0 Å². The lowest BCUT2D eigenvalue weighted by molar-refractivity contribution is 0.641. The van der Waals surface area contributed by atoms with Crippen molar-refractivity contribution in [2.75, 3.05) is 0 Å². The van der Waals surface area contributed by atoms with E-state index in [4.69, 9.17) is 0 Å². The van der Waals surface area contributed by atoms with Crippen LogP contribution in [0, 0.1) is 0 Å². The highest BCUT2D eigenvalue weighted by molar-refractivity contribution is 4.91. The minimum atomic E-state index is 1.04. The monoisotopic (exact) mass is 166 g/mol. The van der Waals surface area contributed by atoms with Gasteiger partial charge in [-0.3, -0.25) is 0 Å². The van der Waals surface area contributed by atoms with Crippen LogP contribution in [0.15, 0.2) is 12.4 Å². The molecule has 68 valence electrons. The molecule has 12 heavy (non-hydrogen) atoms. The normalized spacial score (nSPS) is 10.5. The molecule has 0 aromatic carbocycles. The van der Waals surface area contributed by atoms with Gasteiger partial charge in [0.15, 0.2) is 0 Å². The van der Waals surface area contributed by atoms with Gasteiger partial charge in [-0.15, -0.1) is 0 Å². The average Bonchev–Trinajstić information content (AvgIpc) is 2.52. The maximum absolute atomic E-state index is 4.32. The topological polar surface area (TPSA) is 17.8 Å². The van der Waals surface area contributed by atoms with Crippen molar-refractivity contribution >= 4 is 0 Å². The van der Waals surface area contributed by atoms with Crippen molar-refractivity contribution in [2.24, 2.45) is 0 Å². The van der Waals surface area contributed by atoms with Crippen LogP contribution < -0.4 is 0 Å². The van der Waals surface area contributed by atoms with E-state index in [1.54, 1.807) is 0 Å². The van der Waals surface area contributed by atoms with Crippen LogP contribution in [0.2, 0.25) is 0 Å². The number of aryl methyl sites for hydroxylation is 2. The van der Waals surface area contributed by atoms with Crippen molar-refractivity contribution in [1.29, 1.82) is 0 Å². The minimum Gasteiger partial charge on any atom is -0.335 e. The first kappa shape index (κ1) is 9.30. The summed E-state index contributed by atoms with van der Waals surface area (Å²) >= 11 is 0. The molecule has 0 aliphatic carbocycles. The van der Waals surface area contributed by atoms with Crippen LogP contribution in [0.4, 0.5) is 0 Å². The Kier molecular flexibility index (Phi) is 3.85. The fraction of sp³-hybridized carbons (Fsp3) is 0.700. The molecule has 0 bridgehead atoms. The summed E-state index contributed by atoms with van der Waals surface area (Å²) in [4.78, 5) is 4.32. The summed E-state index contributed by atoms with van der Waals surface area (Å²) in [5, 5.41) is 0. The summed E-state index contributed by atoms with van der Waals surface area (Å²) in [7, 11) is 0. The Morgan fingerprint density at radius 1 is 1.33 bits per heavy atom. The van der Waals surface area contributed by atoms with Gasteiger partial charge in [0, 0.05) is 25.4 Å². The molecule has 0 atom stereocenters. The van der Waals surface area contributed by atoms with Crippen LogP contribution in [0.5, 0.6) is 0 Å². The molecular formula is C10H18N2. The molecule has 1 heterocycles. The number of aromatic nitrogens is 2. The van der Waals surface area contributed by atoms with Crippen LogP contribution in [0.25, 0.3) is 0 Å². The second-order valence-corrected chi connectivity index (χ2v) is 3.09. The fourth-order valence-electron chi connectivity index (χ4n) is 1.39. The lowest BCUT2D eigenvalue weighted by Crippen LogP contribution is -2.00. The number of rotatable bonds is 5. The second kappa shape index (κ2) is 4.96. The predicted molar refractivity (Wildman–Crippen MR) is 51.1 cm³/mol. The lowest BCUT2D eigenvalue weighted by atomic mass is 10.2. The van der Waals surface area contributed by atoms with E-state index in [1.165, 1.54) is 25.1 Å². The summed E-state index contributed by atoms with van der Waals surface area (Å²) in [6, 6.07) is 0. The van der Waals surface area contributed by atoms with Gasteiger partial charge in [0.1, 0.15) is 5.82 Å². The van der Waals surface area contributed by atoms with Crippen LogP contribution in [0.3, 0.4) is 0 Å². The first-order chi connectivity index (χ1) is 5.88. The minimum absolute atomic E-state index is 1.04. The predicted octanol–water partition coefficient (Wildman–Crippen LogP) is 2.64. The third kappa shape index (κ3) is 2.36. The molecule has 0 spiro atoms. The standard InChI is InChI=1S/C10H18N2/c1-3-5-6-7-10-11-8-9-12(10)4-2/h8-9H,3-7H2,1-2H3. The Labute approximate surface area is 74.6 Å². The Morgan fingerprint density at radius 2 is 2.17 bits per heavy atom. The number of nitrogens with zero attached hydrogens (tertiary/aromatic N) is 2. The molecule has 2 heteroatoms. The smallest absolute Gasteiger partial charge is 0.108 e. The maximum Gasteiger partial charge on any atom is 0.108 e. The highest BCUT2D eigenvalue weighted by Crippen LogP contribution is 2.04. The molecule has 0 aliphatic rings. The SMILES string of the molecule is CCCCCc1nccn1CC. The number of unbranched alkanes of at least 4 members (excludes halogenated alkanes) is 2. The van der Waals surface area contributed by atoms with Gasteiger partial charge in [-0.05, 0) is 13.3 Å². The molecule has 0 amide bonds. The van der Waals surface area contributed by atoms with E-state index < -0.39 is 0 Å². The van der Waals surface area contributed by atoms with Crippen molar-refractivity contribution < 1.29 is 0 Å². The van der Waals surface area contributed by atoms with Gasteiger partial charge in [-0.1, -0.05) is 19.8 Å². The van der Waals surface area contributed by atoms with E-state index in [0.29, 0.717) is 0 Å². The van der Waals surface area contributed by atoms with E-state index >= 15 is 0 Å². The van der Waals surface area contributed by atoms with Crippen LogP contribution in [-0.2, 0) is 13.0 Å². The number of hydrogen-bond acceptors (Lipinski definition) is 1. The highest BCUT2D eigenvalue weighted by atomic mass is 15.0.